The summed E-state index contributed by atoms with van der Waals surface area (Å²) in [6.45, 7) is 1.43. The summed E-state index contributed by atoms with van der Waals surface area (Å²) in [5.41, 5.74) is 0.214. The van der Waals surface area contributed by atoms with Crippen molar-refractivity contribution in [2.45, 2.75) is 24.7 Å². The maximum Gasteiger partial charge on any atom is 0.416 e. The van der Waals surface area contributed by atoms with Gasteiger partial charge in [0.05, 0.1) is 11.7 Å². The predicted octanol–water partition coefficient (Wildman–Crippen LogP) is 3.18. The van der Waals surface area contributed by atoms with E-state index in [9.17, 15) is 18.3 Å². The molecule has 0 unspecified atom stereocenters. The summed E-state index contributed by atoms with van der Waals surface area (Å²) in [6, 6.07) is 5.30. The highest BCUT2D eigenvalue weighted by Crippen LogP contribution is 2.34. The SMILES string of the molecule is CSCCN1C[C@@H](O)C[C@@H]1c1ccc(C(F)(F)F)cc1. The van der Waals surface area contributed by atoms with Crippen LogP contribution in [0.15, 0.2) is 24.3 Å². The molecule has 112 valence electrons. The minimum absolute atomic E-state index is 0.0134. The Morgan fingerprint density at radius 2 is 1.95 bits per heavy atom. The lowest BCUT2D eigenvalue weighted by Crippen LogP contribution is -2.27. The highest BCUT2D eigenvalue weighted by molar-refractivity contribution is 7.98. The van der Waals surface area contributed by atoms with Crippen LogP contribution in [0.25, 0.3) is 0 Å². The molecule has 0 aliphatic carbocycles. The van der Waals surface area contributed by atoms with E-state index in [-0.39, 0.29) is 6.04 Å². The number of benzene rings is 1. The van der Waals surface area contributed by atoms with Crippen molar-refractivity contribution in [3.05, 3.63) is 35.4 Å². The number of hydrogen-bond acceptors (Lipinski definition) is 3. The molecule has 1 aliphatic heterocycles. The predicted molar refractivity (Wildman–Crippen MR) is 74.8 cm³/mol. The first-order chi connectivity index (χ1) is 9.41. The molecule has 1 aromatic rings. The van der Waals surface area contributed by atoms with E-state index in [1.807, 2.05) is 6.26 Å². The number of halogens is 3. The van der Waals surface area contributed by atoms with Gasteiger partial charge in [-0.25, -0.2) is 0 Å². The number of thioether (sulfide) groups is 1. The molecule has 0 spiro atoms. The van der Waals surface area contributed by atoms with Gasteiger partial charge in [-0.1, -0.05) is 12.1 Å². The first-order valence-corrected chi connectivity index (χ1v) is 7.89. The Bertz CT molecular complexity index is 435. The van der Waals surface area contributed by atoms with Gasteiger partial charge in [0, 0.05) is 24.9 Å². The van der Waals surface area contributed by atoms with Gasteiger partial charge in [0.15, 0.2) is 0 Å². The molecule has 1 aromatic carbocycles. The Labute approximate surface area is 121 Å². The van der Waals surface area contributed by atoms with Gasteiger partial charge in [-0.3, -0.25) is 4.90 Å². The lowest BCUT2D eigenvalue weighted by Gasteiger charge is -2.24. The van der Waals surface area contributed by atoms with Gasteiger partial charge in [-0.2, -0.15) is 24.9 Å². The Morgan fingerprint density at radius 1 is 1.30 bits per heavy atom. The van der Waals surface area contributed by atoms with Crippen LogP contribution in [0.3, 0.4) is 0 Å². The zero-order valence-electron chi connectivity index (χ0n) is 11.2. The number of β-amino-alcohol motifs (C(OH)–C–C–N with tert-alkyl or cyclic N) is 1. The van der Waals surface area contributed by atoms with E-state index in [4.69, 9.17) is 0 Å². The molecule has 0 bridgehead atoms. The van der Waals surface area contributed by atoms with Gasteiger partial charge in [0.1, 0.15) is 0 Å². The summed E-state index contributed by atoms with van der Waals surface area (Å²) < 4.78 is 37.6. The van der Waals surface area contributed by atoms with Crippen LogP contribution >= 0.6 is 11.8 Å². The molecule has 2 rings (SSSR count). The molecule has 0 radical (unpaired) electrons. The fraction of sp³-hybridized carbons (Fsp3) is 0.571. The summed E-state index contributed by atoms with van der Waals surface area (Å²) >= 11 is 1.72. The molecule has 1 N–H and O–H groups in total. The summed E-state index contributed by atoms with van der Waals surface area (Å²) in [4.78, 5) is 2.14. The van der Waals surface area contributed by atoms with Crippen LogP contribution in [0.4, 0.5) is 13.2 Å². The van der Waals surface area contributed by atoms with Crippen LogP contribution in [0.1, 0.15) is 23.6 Å². The molecule has 20 heavy (non-hydrogen) atoms. The summed E-state index contributed by atoms with van der Waals surface area (Å²) in [6.07, 6.45) is -2.10. The van der Waals surface area contributed by atoms with Crippen LogP contribution in [-0.4, -0.2) is 41.2 Å². The van der Waals surface area contributed by atoms with Gasteiger partial charge in [-0.05, 0) is 30.4 Å². The Kier molecular flexibility index (Phi) is 4.99. The van der Waals surface area contributed by atoms with E-state index in [1.54, 1.807) is 11.8 Å². The lowest BCUT2D eigenvalue weighted by atomic mass is 10.0. The van der Waals surface area contributed by atoms with Crippen molar-refractivity contribution < 1.29 is 18.3 Å². The number of aliphatic hydroxyl groups excluding tert-OH is 1. The number of alkyl halides is 3. The molecule has 0 aromatic heterocycles. The molecule has 1 aliphatic rings. The Hall–Kier alpha value is -0.720. The fourth-order valence-electron chi connectivity index (χ4n) is 2.58. The first-order valence-electron chi connectivity index (χ1n) is 6.50. The average molecular weight is 305 g/mol. The van der Waals surface area contributed by atoms with E-state index in [1.165, 1.54) is 12.1 Å². The molecule has 1 heterocycles. The van der Waals surface area contributed by atoms with Crippen LogP contribution in [0, 0.1) is 0 Å². The molecular weight excluding hydrogens is 287 g/mol. The highest BCUT2D eigenvalue weighted by Gasteiger charge is 2.33. The second kappa shape index (κ2) is 6.37. The zero-order valence-corrected chi connectivity index (χ0v) is 12.0. The second-order valence-electron chi connectivity index (χ2n) is 5.01. The number of nitrogens with zero attached hydrogens (tertiary/aromatic N) is 1. The van der Waals surface area contributed by atoms with Crippen molar-refractivity contribution in [1.29, 1.82) is 0 Å². The third-order valence-electron chi connectivity index (χ3n) is 3.59. The number of aliphatic hydroxyl groups is 1. The average Bonchev–Trinajstić information content (AvgIpc) is 2.76. The third-order valence-corrected chi connectivity index (χ3v) is 4.18. The minimum atomic E-state index is -4.30. The summed E-state index contributed by atoms with van der Waals surface area (Å²) in [5, 5.41) is 9.79. The van der Waals surface area contributed by atoms with Crippen molar-refractivity contribution in [2.24, 2.45) is 0 Å². The molecule has 0 amide bonds. The largest absolute Gasteiger partial charge is 0.416 e. The van der Waals surface area contributed by atoms with Crippen molar-refractivity contribution in [3.63, 3.8) is 0 Å². The lowest BCUT2D eigenvalue weighted by molar-refractivity contribution is -0.137. The number of hydrogen-bond donors (Lipinski definition) is 1. The Balaban J connectivity index is 2.13. The van der Waals surface area contributed by atoms with E-state index >= 15 is 0 Å². The molecule has 2 atom stereocenters. The van der Waals surface area contributed by atoms with Crippen molar-refractivity contribution in [2.75, 3.05) is 25.1 Å². The normalized spacial score (nSPS) is 24.2. The minimum Gasteiger partial charge on any atom is -0.392 e. The van der Waals surface area contributed by atoms with Crippen molar-refractivity contribution >= 4 is 11.8 Å². The van der Waals surface area contributed by atoms with E-state index in [0.717, 1.165) is 30.0 Å². The van der Waals surface area contributed by atoms with E-state index in [2.05, 4.69) is 4.90 Å². The fourth-order valence-corrected chi connectivity index (χ4v) is 2.99. The molecular formula is C14H18F3NOS. The summed E-state index contributed by atoms with van der Waals surface area (Å²) in [7, 11) is 0. The number of likely N-dealkylation sites (tertiary alicyclic amines) is 1. The maximum absolute atomic E-state index is 12.5. The van der Waals surface area contributed by atoms with Gasteiger partial charge in [-0.15, -0.1) is 0 Å². The van der Waals surface area contributed by atoms with E-state index < -0.39 is 17.8 Å². The standard InChI is InChI=1S/C14H18F3NOS/c1-20-7-6-18-9-12(19)8-13(18)10-2-4-11(5-3-10)14(15,16)17/h2-5,12-13,19H,6-9H2,1H3/t12-,13+/m0/s1. The van der Waals surface area contributed by atoms with E-state index in [0.29, 0.717) is 13.0 Å². The molecule has 1 fully saturated rings. The highest BCUT2D eigenvalue weighted by atomic mass is 32.2. The molecule has 6 heteroatoms. The van der Waals surface area contributed by atoms with Crippen LogP contribution < -0.4 is 0 Å². The molecule has 0 saturated carbocycles. The monoisotopic (exact) mass is 305 g/mol. The van der Waals surface area contributed by atoms with Gasteiger partial charge < -0.3 is 5.11 Å². The molecule has 2 nitrogen and oxygen atoms in total. The number of rotatable bonds is 4. The Morgan fingerprint density at radius 3 is 2.50 bits per heavy atom. The summed E-state index contributed by atoms with van der Waals surface area (Å²) in [5.74, 6) is 0.948. The van der Waals surface area contributed by atoms with Crippen LogP contribution in [0.2, 0.25) is 0 Å². The smallest absolute Gasteiger partial charge is 0.392 e. The van der Waals surface area contributed by atoms with Gasteiger partial charge in [0.25, 0.3) is 0 Å². The second-order valence-corrected chi connectivity index (χ2v) is 6.00. The van der Waals surface area contributed by atoms with Crippen molar-refractivity contribution in [3.8, 4) is 0 Å². The first kappa shape index (κ1) is 15.7. The maximum atomic E-state index is 12.5. The van der Waals surface area contributed by atoms with Crippen molar-refractivity contribution in [1.82, 2.24) is 4.90 Å². The van der Waals surface area contributed by atoms with Gasteiger partial charge >= 0.3 is 6.18 Å². The third kappa shape index (κ3) is 3.68. The molecule has 1 saturated heterocycles. The quantitative estimate of drug-likeness (QED) is 0.924. The van der Waals surface area contributed by atoms with Gasteiger partial charge in [0.2, 0.25) is 0 Å². The zero-order chi connectivity index (χ0) is 14.8. The van der Waals surface area contributed by atoms with Crippen LogP contribution in [0.5, 0.6) is 0 Å². The topological polar surface area (TPSA) is 23.5 Å². The van der Waals surface area contributed by atoms with Crippen LogP contribution in [-0.2, 0) is 6.18 Å².